The van der Waals surface area contributed by atoms with Gasteiger partial charge in [0.1, 0.15) is 4.88 Å². The van der Waals surface area contributed by atoms with E-state index in [0.717, 1.165) is 6.42 Å². The number of rotatable bonds is 3. The van der Waals surface area contributed by atoms with Gasteiger partial charge in [-0.3, -0.25) is 4.79 Å². The molecule has 21 heavy (non-hydrogen) atoms. The van der Waals surface area contributed by atoms with Crippen LogP contribution < -0.4 is 10.2 Å². The molecule has 7 heteroatoms. The molecule has 1 aromatic rings. The summed E-state index contributed by atoms with van der Waals surface area (Å²) in [5.74, 6) is -0.190. The van der Waals surface area contributed by atoms with Crippen LogP contribution in [0, 0.1) is 0 Å². The zero-order valence-electron chi connectivity index (χ0n) is 13.3. The molecule has 1 aromatic heterocycles. The zero-order valence-corrected chi connectivity index (χ0v) is 14.9. The minimum atomic E-state index is -0.402. The summed E-state index contributed by atoms with van der Waals surface area (Å²) in [4.78, 5) is 18.9. The van der Waals surface area contributed by atoms with Crippen LogP contribution in [0.5, 0.6) is 0 Å². The first-order valence-electron chi connectivity index (χ1n) is 6.86. The maximum absolute atomic E-state index is 12.5. The van der Waals surface area contributed by atoms with E-state index in [4.69, 9.17) is 16.3 Å². The third-order valence-corrected chi connectivity index (χ3v) is 5.15. The first-order valence-corrected chi connectivity index (χ1v) is 8.06. The summed E-state index contributed by atoms with van der Waals surface area (Å²) < 4.78 is 5.99. The number of hydrogen-bond acceptors (Lipinski definition) is 5. The SMILES string of the molecule is CN(C)c1nc(Cl)c(C(=O)NC2CC(C)(C)OC2(C)C)s1. The van der Waals surface area contributed by atoms with Crippen LogP contribution in [0.1, 0.15) is 43.8 Å². The van der Waals surface area contributed by atoms with Crippen molar-refractivity contribution in [1.82, 2.24) is 10.3 Å². The summed E-state index contributed by atoms with van der Waals surface area (Å²) in [6.07, 6.45) is 0.767. The summed E-state index contributed by atoms with van der Waals surface area (Å²) in [6.45, 7) is 8.05. The maximum Gasteiger partial charge on any atom is 0.264 e. The van der Waals surface area contributed by atoms with Crippen molar-refractivity contribution in [2.75, 3.05) is 19.0 Å². The molecule has 1 atom stereocenters. The number of amides is 1. The fourth-order valence-electron chi connectivity index (χ4n) is 2.63. The number of hydrogen-bond donors (Lipinski definition) is 1. The number of nitrogens with zero attached hydrogens (tertiary/aromatic N) is 2. The van der Waals surface area contributed by atoms with E-state index in [0.29, 0.717) is 10.0 Å². The van der Waals surface area contributed by atoms with E-state index in [2.05, 4.69) is 10.3 Å². The van der Waals surface area contributed by atoms with Crippen molar-refractivity contribution in [2.24, 2.45) is 0 Å². The molecule has 0 aliphatic carbocycles. The molecule has 2 rings (SSSR count). The highest BCUT2D eigenvalue weighted by Gasteiger charge is 2.46. The van der Waals surface area contributed by atoms with Crippen molar-refractivity contribution in [1.29, 1.82) is 0 Å². The molecular formula is C14H22ClN3O2S. The lowest BCUT2D eigenvalue weighted by Gasteiger charge is -2.27. The highest BCUT2D eigenvalue weighted by molar-refractivity contribution is 7.18. The fraction of sp³-hybridized carbons (Fsp3) is 0.714. The number of ether oxygens (including phenoxy) is 1. The Morgan fingerprint density at radius 3 is 2.48 bits per heavy atom. The Hall–Kier alpha value is -0.850. The molecule has 1 fully saturated rings. The molecule has 1 aliphatic rings. The van der Waals surface area contributed by atoms with Crippen LogP contribution in [-0.2, 0) is 4.74 Å². The molecular weight excluding hydrogens is 310 g/mol. The predicted molar refractivity (Wildman–Crippen MR) is 86.6 cm³/mol. The van der Waals surface area contributed by atoms with Crippen molar-refractivity contribution in [2.45, 2.75) is 51.4 Å². The number of nitrogens with one attached hydrogen (secondary N) is 1. The van der Waals surface area contributed by atoms with E-state index in [1.165, 1.54) is 11.3 Å². The second-order valence-electron chi connectivity index (χ2n) is 6.71. The summed E-state index contributed by atoms with van der Waals surface area (Å²) >= 11 is 7.37. The van der Waals surface area contributed by atoms with Gasteiger partial charge < -0.3 is 15.0 Å². The third kappa shape index (κ3) is 3.49. The molecule has 0 spiro atoms. The monoisotopic (exact) mass is 331 g/mol. The van der Waals surface area contributed by atoms with E-state index >= 15 is 0 Å². The van der Waals surface area contributed by atoms with E-state index < -0.39 is 5.60 Å². The van der Waals surface area contributed by atoms with Gasteiger partial charge in [-0.15, -0.1) is 0 Å². The first kappa shape index (κ1) is 16.5. The Morgan fingerprint density at radius 2 is 2.05 bits per heavy atom. The Bertz CT molecular complexity index is 554. The smallest absolute Gasteiger partial charge is 0.264 e. The van der Waals surface area contributed by atoms with Crippen LogP contribution in [0.4, 0.5) is 5.13 Å². The summed E-state index contributed by atoms with van der Waals surface area (Å²) in [7, 11) is 3.74. The molecule has 1 aliphatic heterocycles. The number of anilines is 1. The van der Waals surface area contributed by atoms with E-state index in [1.54, 1.807) is 0 Å². The lowest BCUT2D eigenvalue weighted by molar-refractivity contribution is -0.0693. The quantitative estimate of drug-likeness (QED) is 0.925. The van der Waals surface area contributed by atoms with Crippen LogP contribution in [-0.4, -0.2) is 42.2 Å². The van der Waals surface area contributed by atoms with Gasteiger partial charge in [0.05, 0.1) is 17.2 Å². The van der Waals surface area contributed by atoms with E-state index in [1.807, 2.05) is 46.7 Å². The summed E-state index contributed by atoms with van der Waals surface area (Å²) in [6, 6.07) is -0.0547. The predicted octanol–water partition coefficient (Wildman–Crippen LogP) is 2.94. The first-order chi connectivity index (χ1) is 9.52. The molecule has 0 bridgehead atoms. The fourth-order valence-corrected chi connectivity index (χ4v) is 3.75. The van der Waals surface area contributed by atoms with Gasteiger partial charge in [0.15, 0.2) is 10.3 Å². The van der Waals surface area contributed by atoms with Crippen LogP contribution in [0.3, 0.4) is 0 Å². The van der Waals surface area contributed by atoms with Crippen molar-refractivity contribution in [3.05, 3.63) is 10.0 Å². The van der Waals surface area contributed by atoms with E-state index in [-0.39, 0.29) is 22.7 Å². The minimum Gasteiger partial charge on any atom is -0.367 e. The molecule has 1 N–H and O–H groups in total. The summed E-state index contributed by atoms with van der Waals surface area (Å²) in [5, 5.41) is 4.00. The second-order valence-corrected chi connectivity index (χ2v) is 8.04. The van der Waals surface area contributed by atoms with Crippen molar-refractivity contribution >= 4 is 34.0 Å². The van der Waals surface area contributed by atoms with Gasteiger partial charge in [-0.05, 0) is 34.1 Å². The van der Waals surface area contributed by atoms with Crippen molar-refractivity contribution < 1.29 is 9.53 Å². The number of aromatic nitrogens is 1. The Kier molecular flexibility index (Phi) is 4.26. The Labute approximate surface area is 134 Å². The minimum absolute atomic E-state index is 0.0547. The molecule has 0 saturated carbocycles. The van der Waals surface area contributed by atoms with Gasteiger partial charge in [0.2, 0.25) is 0 Å². The number of halogens is 1. The molecule has 1 saturated heterocycles. The topological polar surface area (TPSA) is 54.5 Å². The number of thiazole rings is 1. The van der Waals surface area contributed by atoms with Crippen molar-refractivity contribution in [3.63, 3.8) is 0 Å². The molecule has 1 amide bonds. The molecule has 0 radical (unpaired) electrons. The molecule has 0 aromatic carbocycles. The highest BCUT2D eigenvalue weighted by atomic mass is 35.5. The maximum atomic E-state index is 12.5. The van der Waals surface area contributed by atoms with Crippen LogP contribution in [0.25, 0.3) is 0 Å². The van der Waals surface area contributed by atoms with Crippen LogP contribution in [0.15, 0.2) is 0 Å². The van der Waals surface area contributed by atoms with Gasteiger partial charge in [-0.2, -0.15) is 0 Å². The van der Waals surface area contributed by atoms with Crippen molar-refractivity contribution in [3.8, 4) is 0 Å². The largest absolute Gasteiger partial charge is 0.367 e. The average molecular weight is 332 g/mol. The number of carbonyl (C=O) groups is 1. The Morgan fingerprint density at radius 1 is 1.43 bits per heavy atom. The average Bonchev–Trinajstić information content (AvgIpc) is 2.76. The second kappa shape index (κ2) is 5.41. The normalized spacial score (nSPS) is 23.1. The van der Waals surface area contributed by atoms with Crippen LogP contribution in [0.2, 0.25) is 5.15 Å². The summed E-state index contributed by atoms with van der Waals surface area (Å²) in [5.41, 5.74) is -0.644. The molecule has 118 valence electrons. The third-order valence-electron chi connectivity index (χ3n) is 3.54. The van der Waals surface area contributed by atoms with E-state index in [9.17, 15) is 4.79 Å². The zero-order chi connectivity index (χ0) is 16.0. The molecule has 2 heterocycles. The standard InChI is InChI=1S/C14H22ClN3O2S/c1-13(2)7-8(14(3,4)20-13)16-11(19)9-10(15)17-12(21-9)18(5)6/h8H,7H2,1-6H3,(H,16,19). The highest BCUT2D eigenvalue weighted by Crippen LogP contribution is 2.38. The molecule has 1 unspecified atom stereocenters. The molecule has 5 nitrogen and oxygen atoms in total. The van der Waals surface area contributed by atoms with Gasteiger partial charge in [0, 0.05) is 14.1 Å². The van der Waals surface area contributed by atoms with Gasteiger partial charge in [0.25, 0.3) is 5.91 Å². The lowest BCUT2D eigenvalue weighted by Crippen LogP contribution is -2.46. The number of carbonyl (C=O) groups excluding carboxylic acids is 1. The van der Waals surface area contributed by atoms with Crippen LogP contribution >= 0.6 is 22.9 Å². The van der Waals surface area contributed by atoms with Gasteiger partial charge in [-0.1, -0.05) is 22.9 Å². The Balaban J connectivity index is 2.15. The van der Waals surface area contributed by atoms with Gasteiger partial charge >= 0.3 is 0 Å². The lowest BCUT2D eigenvalue weighted by atomic mass is 9.94. The van der Waals surface area contributed by atoms with Gasteiger partial charge in [-0.25, -0.2) is 4.98 Å².